The van der Waals surface area contributed by atoms with Crippen molar-refractivity contribution in [3.8, 4) is 0 Å². The van der Waals surface area contributed by atoms with Crippen molar-refractivity contribution in [1.82, 2.24) is 0 Å². The Hall–Kier alpha value is -0.640. The van der Waals surface area contributed by atoms with Gasteiger partial charge in [-0.3, -0.25) is 0 Å². The second kappa shape index (κ2) is 6.50. The first-order valence-electron chi connectivity index (χ1n) is 6.08. The molecule has 0 radical (unpaired) electrons. The molecule has 0 heterocycles. The summed E-state index contributed by atoms with van der Waals surface area (Å²) in [6.45, 7) is 3.84. The van der Waals surface area contributed by atoms with Crippen LogP contribution in [0.2, 0.25) is 5.02 Å². The van der Waals surface area contributed by atoms with Gasteiger partial charge in [0, 0.05) is 10.4 Å². The molecule has 1 aromatic rings. The van der Waals surface area contributed by atoms with E-state index in [2.05, 4.69) is 0 Å². The highest BCUT2D eigenvalue weighted by atomic mass is 35.5. The first-order chi connectivity index (χ1) is 8.42. The molecule has 0 aliphatic rings. The molecule has 0 saturated heterocycles. The molecule has 0 aromatic heterocycles. The van der Waals surface area contributed by atoms with Gasteiger partial charge in [0.2, 0.25) is 0 Å². The third kappa shape index (κ3) is 3.94. The van der Waals surface area contributed by atoms with Crippen LogP contribution in [0, 0.1) is 17.2 Å². The van der Waals surface area contributed by atoms with Crippen molar-refractivity contribution in [3.05, 3.63) is 34.6 Å². The minimum Gasteiger partial charge on any atom is -0.396 e. The Balaban J connectivity index is 2.95. The van der Waals surface area contributed by atoms with Crippen LogP contribution in [0.4, 0.5) is 4.39 Å². The van der Waals surface area contributed by atoms with Gasteiger partial charge in [-0.05, 0) is 36.5 Å². The summed E-state index contributed by atoms with van der Waals surface area (Å²) in [5.41, 5.74) is 0.150. The van der Waals surface area contributed by atoms with E-state index >= 15 is 0 Å². The fourth-order valence-corrected chi connectivity index (χ4v) is 2.53. The van der Waals surface area contributed by atoms with Crippen molar-refractivity contribution in [2.24, 2.45) is 11.3 Å². The highest BCUT2D eigenvalue weighted by Gasteiger charge is 2.30. The normalized spacial score (nSPS) is 12.2. The van der Waals surface area contributed by atoms with Crippen molar-refractivity contribution in [1.29, 1.82) is 0 Å². The van der Waals surface area contributed by atoms with Gasteiger partial charge in [-0.15, -0.1) is 0 Å². The Morgan fingerprint density at radius 3 is 2.33 bits per heavy atom. The lowest BCUT2D eigenvalue weighted by atomic mass is 9.76. The number of benzene rings is 1. The fraction of sp³-hybridized carbons (Fsp3) is 0.571. The van der Waals surface area contributed by atoms with Gasteiger partial charge >= 0.3 is 0 Å². The molecule has 4 heteroatoms. The highest BCUT2D eigenvalue weighted by Crippen LogP contribution is 2.32. The van der Waals surface area contributed by atoms with Gasteiger partial charge in [-0.1, -0.05) is 31.5 Å². The lowest BCUT2D eigenvalue weighted by Gasteiger charge is -2.32. The topological polar surface area (TPSA) is 40.5 Å². The van der Waals surface area contributed by atoms with Crippen molar-refractivity contribution in [3.63, 3.8) is 0 Å². The van der Waals surface area contributed by atoms with Gasteiger partial charge in [-0.2, -0.15) is 0 Å². The zero-order chi connectivity index (χ0) is 13.8. The molecule has 1 rings (SSSR count). The number of aliphatic hydroxyl groups excluding tert-OH is 2. The van der Waals surface area contributed by atoms with E-state index in [1.54, 1.807) is 6.07 Å². The summed E-state index contributed by atoms with van der Waals surface area (Å²) in [5, 5.41) is 19.4. The van der Waals surface area contributed by atoms with Crippen LogP contribution in [0.25, 0.3) is 0 Å². The summed E-state index contributed by atoms with van der Waals surface area (Å²) in [7, 11) is 0. The molecule has 0 aliphatic carbocycles. The lowest BCUT2D eigenvalue weighted by Crippen LogP contribution is -2.34. The van der Waals surface area contributed by atoms with Crippen LogP contribution < -0.4 is 0 Å². The quantitative estimate of drug-likeness (QED) is 0.837. The molecule has 0 unspecified atom stereocenters. The van der Waals surface area contributed by atoms with Crippen molar-refractivity contribution in [2.75, 3.05) is 13.2 Å². The average Bonchev–Trinajstić information content (AvgIpc) is 2.31. The van der Waals surface area contributed by atoms with Crippen molar-refractivity contribution >= 4 is 11.6 Å². The van der Waals surface area contributed by atoms with E-state index in [0.717, 1.165) is 5.56 Å². The maximum Gasteiger partial charge on any atom is 0.124 e. The minimum atomic E-state index is -0.602. The SMILES string of the molecule is CC(C)CC(CO)(CO)Cc1ccc(F)cc1Cl. The average molecular weight is 275 g/mol. The Labute approximate surface area is 112 Å². The Kier molecular flexibility index (Phi) is 5.57. The van der Waals surface area contributed by atoms with Crippen LogP contribution in [0.3, 0.4) is 0 Å². The van der Waals surface area contributed by atoms with E-state index in [0.29, 0.717) is 23.8 Å². The summed E-state index contributed by atoms with van der Waals surface area (Å²) in [6, 6.07) is 4.21. The van der Waals surface area contributed by atoms with Gasteiger partial charge < -0.3 is 10.2 Å². The second-order valence-electron chi connectivity index (χ2n) is 5.33. The third-order valence-corrected chi connectivity index (χ3v) is 3.44. The minimum absolute atomic E-state index is 0.116. The maximum absolute atomic E-state index is 13.0. The molecule has 0 spiro atoms. The molecule has 102 valence electrons. The predicted molar refractivity (Wildman–Crippen MR) is 71.2 cm³/mol. The predicted octanol–water partition coefficient (Wildman–Crippen LogP) is 3.04. The summed E-state index contributed by atoms with van der Waals surface area (Å²) >= 11 is 5.98. The maximum atomic E-state index is 13.0. The van der Waals surface area contributed by atoms with Crippen molar-refractivity contribution < 1.29 is 14.6 Å². The molecule has 0 amide bonds. The molecule has 0 saturated carbocycles. The third-order valence-electron chi connectivity index (χ3n) is 3.09. The van der Waals surface area contributed by atoms with E-state index in [9.17, 15) is 14.6 Å². The van der Waals surface area contributed by atoms with Crippen LogP contribution in [-0.4, -0.2) is 23.4 Å². The van der Waals surface area contributed by atoms with Gasteiger partial charge in [-0.25, -0.2) is 4.39 Å². The molecule has 2 nitrogen and oxygen atoms in total. The summed E-state index contributed by atoms with van der Waals surface area (Å²) in [4.78, 5) is 0. The molecule has 2 N–H and O–H groups in total. The van der Waals surface area contributed by atoms with E-state index in [1.165, 1.54) is 12.1 Å². The molecule has 0 bridgehead atoms. The summed E-state index contributed by atoms with van der Waals surface area (Å²) < 4.78 is 13.0. The lowest BCUT2D eigenvalue weighted by molar-refractivity contribution is 0.0370. The zero-order valence-corrected chi connectivity index (χ0v) is 11.5. The molecule has 0 fully saturated rings. The van der Waals surface area contributed by atoms with Crippen molar-refractivity contribution in [2.45, 2.75) is 26.7 Å². The van der Waals surface area contributed by atoms with E-state index < -0.39 is 5.41 Å². The number of hydrogen-bond donors (Lipinski definition) is 2. The van der Waals surface area contributed by atoms with Crippen LogP contribution in [0.1, 0.15) is 25.8 Å². The number of aliphatic hydroxyl groups is 2. The standard InChI is InChI=1S/C14H20ClFO2/c1-10(2)6-14(8-17,9-18)7-11-3-4-12(16)5-13(11)15/h3-5,10,17-18H,6-9H2,1-2H3. The largest absolute Gasteiger partial charge is 0.396 e. The van der Waals surface area contributed by atoms with Gasteiger partial charge in [0.1, 0.15) is 5.82 Å². The highest BCUT2D eigenvalue weighted by molar-refractivity contribution is 6.31. The van der Waals surface area contributed by atoms with E-state index in [1.807, 2.05) is 13.8 Å². The molecule has 18 heavy (non-hydrogen) atoms. The van der Waals surface area contributed by atoms with E-state index in [-0.39, 0.29) is 19.0 Å². The number of halogens is 2. The first kappa shape index (κ1) is 15.4. The number of rotatable bonds is 6. The van der Waals surface area contributed by atoms with Crippen LogP contribution >= 0.6 is 11.6 Å². The Bertz CT molecular complexity index is 389. The van der Waals surface area contributed by atoms with E-state index in [4.69, 9.17) is 11.6 Å². The Morgan fingerprint density at radius 1 is 1.28 bits per heavy atom. The van der Waals surface area contributed by atoms with Gasteiger partial charge in [0.05, 0.1) is 13.2 Å². The Morgan fingerprint density at radius 2 is 1.89 bits per heavy atom. The summed E-state index contributed by atoms with van der Waals surface area (Å²) in [5.74, 6) is -0.0327. The van der Waals surface area contributed by atoms with Crippen LogP contribution in [0.5, 0.6) is 0 Å². The molecule has 0 aliphatic heterocycles. The fourth-order valence-electron chi connectivity index (χ4n) is 2.30. The zero-order valence-electron chi connectivity index (χ0n) is 10.8. The smallest absolute Gasteiger partial charge is 0.124 e. The van der Waals surface area contributed by atoms with Crippen LogP contribution in [0.15, 0.2) is 18.2 Å². The molecular formula is C14H20ClFO2. The summed E-state index contributed by atoms with van der Waals surface area (Å²) in [6.07, 6.45) is 1.13. The monoisotopic (exact) mass is 274 g/mol. The molecule has 1 aromatic carbocycles. The van der Waals surface area contributed by atoms with Crippen LogP contribution in [-0.2, 0) is 6.42 Å². The molecular weight excluding hydrogens is 255 g/mol. The number of hydrogen-bond acceptors (Lipinski definition) is 2. The molecule has 0 atom stereocenters. The first-order valence-corrected chi connectivity index (χ1v) is 6.46. The van der Waals surface area contributed by atoms with Gasteiger partial charge in [0.25, 0.3) is 0 Å². The van der Waals surface area contributed by atoms with Gasteiger partial charge in [0.15, 0.2) is 0 Å². The second-order valence-corrected chi connectivity index (χ2v) is 5.73.